The third-order valence-corrected chi connectivity index (χ3v) is 5.72. The lowest BCUT2D eigenvalue weighted by Crippen LogP contribution is -2.40. The fraction of sp³-hybridized carbons (Fsp3) is 0.318. The number of aromatic nitrogens is 7. The molecule has 0 fully saturated rings. The number of imidazole rings is 1. The molecule has 1 aliphatic rings. The molecule has 1 aliphatic heterocycles. The van der Waals surface area contributed by atoms with Crippen molar-refractivity contribution >= 4 is 5.82 Å². The Morgan fingerprint density at radius 3 is 2.48 bits per heavy atom. The van der Waals surface area contributed by atoms with E-state index in [1.54, 1.807) is 29.5 Å². The van der Waals surface area contributed by atoms with Gasteiger partial charge in [-0.2, -0.15) is 18.2 Å². The molecule has 0 saturated heterocycles. The summed E-state index contributed by atoms with van der Waals surface area (Å²) in [5.41, 5.74) is 0.591. The second kappa shape index (κ2) is 7.68. The maximum Gasteiger partial charge on any atom is 0.416 e. The average molecular weight is 454 g/mol. The summed E-state index contributed by atoms with van der Waals surface area (Å²) in [5.74, 6) is 2.40. The van der Waals surface area contributed by atoms with Crippen molar-refractivity contribution in [2.75, 3.05) is 4.90 Å². The van der Waals surface area contributed by atoms with Crippen molar-refractivity contribution in [1.29, 1.82) is 0 Å². The van der Waals surface area contributed by atoms with E-state index in [0.717, 1.165) is 35.9 Å². The van der Waals surface area contributed by atoms with Gasteiger partial charge in [-0.3, -0.25) is 9.13 Å². The quantitative estimate of drug-likeness (QED) is 0.448. The number of halogens is 3. The van der Waals surface area contributed by atoms with E-state index in [2.05, 4.69) is 45.8 Å². The minimum atomic E-state index is -4.40. The van der Waals surface area contributed by atoms with Gasteiger partial charge >= 0.3 is 6.18 Å². The third kappa shape index (κ3) is 3.43. The van der Waals surface area contributed by atoms with E-state index in [4.69, 9.17) is 4.98 Å². The maximum absolute atomic E-state index is 13.0. The minimum Gasteiger partial charge on any atom is -0.342 e. The van der Waals surface area contributed by atoms with Crippen LogP contribution in [0.2, 0.25) is 0 Å². The largest absolute Gasteiger partial charge is 0.416 e. The summed E-state index contributed by atoms with van der Waals surface area (Å²) in [6, 6.07) is 5.02. The highest BCUT2D eigenvalue weighted by Crippen LogP contribution is 2.39. The molecule has 0 radical (unpaired) electrons. The number of nitrogens with zero attached hydrogens (tertiary/aromatic N) is 8. The normalized spacial score (nSPS) is 15.6. The smallest absolute Gasteiger partial charge is 0.342 e. The Morgan fingerprint density at radius 2 is 1.82 bits per heavy atom. The van der Waals surface area contributed by atoms with E-state index < -0.39 is 11.7 Å². The van der Waals surface area contributed by atoms with E-state index in [0.29, 0.717) is 17.3 Å². The van der Waals surface area contributed by atoms with E-state index in [9.17, 15) is 13.2 Å². The first-order chi connectivity index (χ1) is 15.8. The van der Waals surface area contributed by atoms with Gasteiger partial charge in [-0.05, 0) is 32.4 Å². The van der Waals surface area contributed by atoms with Crippen molar-refractivity contribution in [1.82, 2.24) is 34.3 Å². The van der Waals surface area contributed by atoms with Gasteiger partial charge in [0, 0.05) is 24.0 Å². The van der Waals surface area contributed by atoms with Gasteiger partial charge < -0.3 is 4.90 Å². The molecule has 0 bridgehead atoms. The zero-order valence-electron chi connectivity index (χ0n) is 18.2. The van der Waals surface area contributed by atoms with Gasteiger partial charge in [0.2, 0.25) is 5.95 Å². The Morgan fingerprint density at radius 1 is 1.06 bits per heavy atom. The van der Waals surface area contributed by atoms with Gasteiger partial charge in [-0.25, -0.2) is 9.97 Å². The Balaban J connectivity index is 1.60. The lowest BCUT2D eigenvalue weighted by atomic mass is 10.1. The van der Waals surface area contributed by atoms with Crippen LogP contribution in [-0.2, 0) is 6.18 Å². The number of hydrogen-bond acceptors (Lipinski definition) is 6. The standard InChI is InChI=1S/C22H21F3N8/c1-4-16-20-30-28-12-32(20)17-11-27-21(29-19(17)33(16)13(2)3)31-10-9-26-18(31)14-5-7-15(8-6-14)22(23,24)25/h5-13,16H,4H2,1-3H3. The molecule has 1 aromatic carbocycles. The molecule has 4 heterocycles. The summed E-state index contributed by atoms with van der Waals surface area (Å²) >= 11 is 0. The molecule has 4 aromatic rings. The van der Waals surface area contributed by atoms with Crippen LogP contribution in [-0.4, -0.2) is 40.3 Å². The molecule has 170 valence electrons. The van der Waals surface area contributed by atoms with Gasteiger partial charge in [0.15, 0.2) is 11.6 Å². The van der Waals surface area contributed by atoms with Gasteiger partial charge in [-0.15, -0.1) is 10.2 Å². The molecule has 0 spiro atoms. The summed E-state index contributed by atoms with van der Waals surface area (Å²) in [6.07, 6.45) is 3.05. The molecule has 0 aliphatic carbocycles. The van der Waals surface area contributed by atoms with Gasteiger partial charge in [0.1, 0.15) is 17.8 Å². The Labute approximate surface area is 187 Å². The van der Waals surface area contributed by atoms with Crippen LogP contribution in [0.25, 0.3) is 23.0 Å². The first-order valence-corrected chi connectivity index (χ1v) is 10.6. The second-order valence-corrected chi connectivity index (χ2v) is 8.06. The summed E-state index contributed by atoms with van der Waals surface area (Å²) < 4.78 is 42.4. The molecule has 5 rings (SSSR count). The molecule has 1 unspecified atom stereocenters. The van der Waals surface area contributed by atoms with Crippen molar-refractivity contribution in [2.24, 2.45) is 0 Å². The number of anilines is 1. The zero-order valence-corrected chi connectivity index (χ0v) is 18.2. The monoisotopic (exact) mass is 454 g/mol. The highest BCUT2D eigenvalue weighted by molar-refractivity contribution is 5.64. The zero-order chi connectivity index (χ0) is 23.3. The Bertz CT molecular complexity index is 1290. The highest BCUT2D eigenvalue weighted by Gasteiger charge is 2.35. The number of alkyl halides is 3. The van der Waals surface area contributed by atoms with Crippen LogP contribution in [0.4, 0.5) is 19.0 Å². The highest BCUT2D eigenvalue weighted by atomic mass is 19.4. The summed E-state index contributed by atoms with van der Waals surface area (Å²) in [4.78, 5) is 15.9. The number of hydrogen-bond donors (Lipinski definition) is 0. The molecule has 8 nitrogen and oxygen atoms in total. The number of fused-ring (bicyclic) bond motifs is 3. The minimum absolute atomic E-state index is 0.0000736. The van der Waals surface area contributed by atoms with Gasteiger partial charge in [-0.1, -0.05) is 19.1 Å². The lowest BCUT2D eigenvalue weighted by molar-refractivity contribution is -0.137. The maximum atomic E-state index is 13.0. The molecule has 11 heteroatoms. The van der Waals surface area contributed by atoms with Crippen molar-refractivity contribution in [3.63, 3.8) is 0 Å². The van der Waals surface area contributed by atoms with Crippen LogP contribution in [0.1, 0.15) is 44.6 Å². The van der Waals surface area contributed by atoms with E-state index in [1.165, 1.54) is 12.1 Å². The molecular weight excluding hydrogens is 433 g/mol. The van der Waals surface area contributed by atoms with Gasteiger partial charge in [0.25, 0.3) is 0 Å². The van der Waals surface area contributed by atoms with Crippen LogP contribution >= 0.6 is 0 Å². The van der Waals surface area contributed by atoms with Crippen LogP contribution in [0.15, 0.2) is 49.2 Å². The van der Waals surface area contributed by atoms with Crippen molar-refractivity contribution in [3.05, 3.63) is 60.6 Å². The molecule has 0 saturated carbocycles. The molecule has 0 amide bonds. The fourth-order valence-electron chi connectivity index (χ4n) is 4.23. The summed E-state index contributed by atoms with van der Waals surface area (Å²) in [7, 11) is 0. The SMILES string of the molecule is CCC1c2nncn2-c2cnc(-n3ccnc3-c3ccc(C(F)(F)F)cc3)nc2N1C(C)C. The van der Waals surface area contributed by atoms with Crippen LogP contribution < -0.4 is 4.90 Å². The first-order valence-electron chi connectivity index (χ1n) is 10.6. The predicted molar refractivity (Wildman–Crippen MR) is 115 cm³/mol. The lowest BCUT2D eigenvalue weighted by Gasteiger charge is -2.39. The Kier molecular flexibility index (Phi) is 4.91. The molecule has 3 aromatic heterocycles. The van der Waals surface area contributed by atoms with E-state index >= 15 is 0 Å². The fourth-order valence-corrected chi connectivity index (χ4v) is 4.23. The van der Waals surface area contributed by atoms with E-state index in [-0.39, 0.29) is 12.1 Å². The van der Waals surface area contributed by atoms with Crippen molar-refractivity contribution < 1.29 is 13.2 Å². The summed E-state index contributed by atoms with van der Waals surface area (Å²) in [6.45, 7) is 6.26. The van der Waals surface area contributed by atoms with Crippen LogP contribution in [0, 0.1) is 0 Å². The second-order valence-electron chi connectivity index (χ2n) is 8.06. The summed E-state index contributed by atoms with van der Waals surface area (Å²) in [5, 5.41) is 8.39. The van der Waals surface area contributed by atoms with Crippen LogP contribution in [0.5, 0.6) is 0 Å². The molecule has 1 atom stereocenters. The van der Waals surface area contributed by atoms with E-state index in [1.807, 2.05) is 4.57 Å². The van der Waals surface area contributed by atoms with Crippen molar-refractivity contribution in [3.8, 4) is 23.0 Å². The van der Waals surface area contributed by atoms with Crippen LogP contribution in [0.3, 0.4) is 0 Å². The average Bonchev–Trinajstić information content (AvgIpc) is 3.47. The molecule has 33 heavy (non-hydrogen) atoms. The molecular formula is C22H21F3N8. The number of rotatable bonds is 4. The molecule has 0 N–H and O–H groups in total. The van der Waals surface area contributed by atoms with Crippen molar-refractivity contribution in [2.45, 2.75) is 45.5 Å². The first kappa shape index (κ1) is 21.1. The van der Waals surface area contributed by atoms with Gasteiger partial charge in [0.05, 0.1) is 17.8 Å². The number of benzene rings is 1. The topological polar surface area (TPSA) is 77.5 Å². The Hall–Kier alpha value is -3.76. The predicted octanol–water partition coefficient (Wildman–Crippen LogP) is 4.61. The third-order valence-electron chi connectivity index (χ3n) is 5.72.